The molecule has 1 aliphatic rings. The molecule has 13 heteroatoms. The zero-order valence-electron chi connectivity index (χ0n) is 21.8. The summed E-state index contributed by atoms with van der Waals surface area (Å²) in [6.45, 7) is -1.99. The van der Waals surface area contributed by atoms with Crippen molar-refractivity contribution in [2.45, 2.75) is 32.3 Å². The SMILES string of the molecule is COc1ccc(-c2ccc(OC(F)F)cc2-c2nc(N(C)C(=O)C(CC(=O)O)CC3CCOCC3)sc2F)cn1. The number of halogens is 3. The van der Waals surface area contributed by atoms with E-state index in [2.05, 4.69) is 14.7 Å². The number of thiazole rings is 1. The number of carbonyl (C=O) groups is 2. The van der Waals surface area contributed by atoms with Crippen LogP contribution >= 0.6 is 11.3 Å². The molecule has 1 aliphatic heterocycles. The topological polar surface area (TPSA) is 111 Å². The maximum atomic E-state index is 15.4. The van der Waals surface area contributed by atoms with E-state index in [0.717, 1.165) is 17.7 Å². The molecule has 2 aromatic heterocycles. The molecule has 1 unspecified atom stereocenters. The van der Waals surface area contributed by atoms with Crippen molar-refractivity contribution in [1.82, 2.24) is 9.97 Å². The number of pyridine rings is 1. The highest BCUT2D eigenvalue weighted by Gasteiger charge is 2.31. The number of nitrogens with zero attached hydrogens (tertiary/aromatic N) is 3. The van der Waals surface area contributed by atoms with Crippen LogP contribution in [0.1, 0.15) is 25.7 Å². The lowest BCUT2D eigenvalue weighted by Gasteiger charge is -2.27. The maximum absolute atomic E-state index is 15.4. The van der Waals surface area contributed by atoms with Gasteiger partial charge in [0, 0.05) is 49.6 Å². The second-order valence-electron chi connectivity index (χ2n) is 9.28. The van der Waals surface area contributed by atoms with Crippen LogP contribution in [0.5, 0.6) is 11.6 Å². The quantitative estimate of drug-likeness (QED) is 0.318. The van der Waals surface area contributed by atoms with Crippen LogP contribution in [0.4, 0.5) is 18.3 Å². The Balaban J connectivity index is 1.67. The Morgan fingerprint density at radius 1 is 1.20 bits per heavy atom. The molecule has 1 N–H and O–H groups in total. The van der Waals surface area contributed by atoms with Gasteiger partial charge in [0.1, 0.15) is 11.4 Å². The third-order valence-electron chi connectivity index (χ3n) is 6.65. The maximum Gasteiger partial charge on any atom is 0.387 e. The Labute approximate surface area is 232 Å². The molecule has 1 atom stereocenters. The number of ether oxygens (including phenoxy) is 3. The lowest BCUT2D eigenvalue weighted by atomic mass is 9.86. The summed E-state index contributed by atoms with van der Waals surface area (Å²) in [5, 5.41) is 8.67. The molecular weight excluding hydrogens is 551 g/mol. The van der Waals surface area contributed by atoms with Crippen LogP contribution < -0.4 is 14.4 Å². The van der Waals surface area contributed by atoms with E-state index in [1.165, 1.54) is 38.6 Å². The van der Waals surface area contributed by atoms with Crippen LogP contribution in [0.15, 0.2) is 36.5 Å². The number of aromatic nitrogens is 2. The van der Waals surface area contributed by atoms with E-state index < -0.39 is 29.5 Å². The summed E-state index contributed by atoms with van der Waals surface area (Å²) in [6.07, 6.45) is 2.93. The Morgan fingerprint density at radius 2 is 1.95 bits per heavy atom. The fraction of sp³-hybridized carbons (Fsp3) is 0.407. The van der Waals surface area contributed by atoms with Gasteiger partial charge in [0.15, 0.2) is 5.13 Å². The van der Waals surface area contributed by atoms with Crippen LogP contribution in [-0.2, 0) is 14.3 Å². The number of hydrogen-bond donors (Lipinski definition) is 1. The van der Waals surface area contributed by atoms with E-state index in [4.69, 9.17) is 9.47 Å². The predicted molar refractivity (Wildman–Crippen MR) is 141 cm³/mol. The fourth-order valence-electron chi connectivity index (χ4n) is 4.64. The molecule has 4 rings (SSSR count). The standard InChI is InChI=1S/C27H28F3N3O6S/c1-33(25(36)17(12-22(34)35)11-15-7-9-38-10-8-15)27-32-23(24(28)40-27)20-13-18(39-26(29)30)4-5-19(20)16-3-6-21(37-2)31-14-16/h3-6,13-15,17,26H,7-12H2,1-2H3,(H,34,35). The Hall–Kier alpha value is -3.71. The van der Waals surface area contributed by atoms with Crippen molar-refractivity contribution in [3.8, 4) is 34.0 Å². The van der Waals surface area contributed by atoms with Crippen molar-refractivity contribution >= 4 is 28.3 Å². The molecule has 0 aliphatic carbocycles. The number of methoxy groups -OCH3 is 1. The van der Waals surface area contributed by atoms with Crippen molar-refractivity contribution in [3.63, 3.8) is 0 Å². The highest BCUT2D eigenvalue weighted by molar-refractivity contribution is 7.14. The van der Waals surface area contributed by atoms with Gasteiger partial charge in [0.2, 0.25) is 16.9 Å². The van der Waals surface area contributed by atoms with E-state index >= 15 is 4.39 Å². The highest BCUT2D eigenvalue weighted by Crippen LogP contribution is 2.40. The van der Waals surface area contributed by atoms with E-state index in [1.807, 2.05) is 0 Å². The Kier molecular flexibility index (Phi) is 9.58. The molecule has 214 valence electrons. The number of carbonyl (C=O) groups excluding carboxylic acids is 1. The first-order chi connectivity index (χ1) is 19.2. The number of amides is 1. The molecule has 1 fully saturated rings. The molecule has 1 amide bonds. The molecule has 9 nitrogen and oxygen atoms in total. The summed E-state index contributed by atoms with van der Waals surface area (Å²) >= 11 is 0.593. The number of anilines is 1. The van der Waals surface area contributed by atoms with Gasteiger partial charge in [0.05, 0.1) is 13.5 Å². The van der Waals surface area contributed by atoms with E-state index in [9.17, 15) is 23.5 Å². The number of alkyl halides is 2. The van der Waals surface area contributed by atoms with Crippen molar-refractivity contribution in [1.29, 1.82) is 0 Å². The summed E-state index contributed by atoms with van der Waals surface area (Å²) in [7, 11) is 2.87. The molecule has 3 aromatic rings. The molecular formula is C27H28F3N3O6S. The van der Waals surface area contributed by atoms with Crippen molar-refractivity contribution in [2.75, 3.05) is 32.3 Å². The number of carboxylic acids is 1. The third kappa shape index (κ3) is 7.07. The summed E-state index contributed by atoms with van der Waals surface area (Å²) < 4.78 is 56.3. The van der Waals surface area contributed by atoms with E-state index in [1.54, 1.807) is 12.1 Å². The number of hydrogen-bond acceptors (Lipinski definition) is 8. The summed E-state index contributed by atoms with van der Waals surface area (Å²) in [5.41, 5.74) is 0.945. The minimum atomic E-state index is -3.09. The first-order valence-corrected chi connectivity index (χ1v) is 13.3. The van der Waals surface area contributed by atoms with Gasteiger partial charge in [-0.25, -0.2) is 9.97 Å². The van der Waals surface area contributed by atoms with Gasteiger partial charge >= 0.3 is 12.6 Å². The van der Waals surface area contributed by atoms with Crippen molar-refractivity contribution in [2.24, 2.45) is 11.8 Å². The molecule has 0 spiro atoms. The minimum absolute atomic E-state index is 0.00106. The molecule has 3 heterocycles. The second-order valence-corrected chi connectivity index (χ2v) is 10.2. The second kappa shape index (κ2) is 13.1. The van der Waals surface area contributed by atoms with Crippen LogP contribution in [0.3, 0.4) is 0 Å². The smallest absolute Gasteiger partial charge is 0.387 e. The average Bonchev–Trinajstić information content (AvgIpc) is 3.33. The van der Waals surface area contributed by atoms with Crippen LogP contribution in [-0.4, -0.2) is 60.9 Å². The van der Waals surface area contributed by atoms with Gasteiger partial charge in [-0.05, 0) is 55.0 Å². The third-order valence-corrected chi connectivity index (χ3v) is 7.57. The Bertz CT molecular complexity index is 1330. The van der Waals surface area contributed by atoms with Gasteiger partial charge in [0.25, 0.3) is 0 Å². The van der Waals surface area contributed by atoms with Gasteiger partial charge in [-0.3, -0.25) is 14.5 Å². The molecule has 40 heavy (non-hydrogen) atoms. The monoisotopic (exact) mass is 579 g/mol. The zero-order chi connectivity index (χ0) is 28.8. The number of carboxylic acid groups (broad SMARTS) is 1. The van der Waals surface area contributed by atoms with Gasteiger partial charge < -0.3 is 19.3 Å². The van der Waals surface area contributed by atoms with E-state index in [-0.39, 0.29) is 34.5 Å². The van der Waals surface area contributed by atoms with E-state index in [0.29, 0.717) is 48.0 Å². The molecule has 0 saturated carbocycles. The lowest BCUT2D eigenvalue weighted by molar-refractivity contribution is -0.141. The first-order valence-electron chi connectivity index (χ1n) is 12.5. The zero-order valence-corrected chi connectivity index (χ0v) is 22.6. The number of benzene rings is 1. The van der Waals surface area contributed by atoms with Gasteiger partial charge in [-0.15, -0.1) is 0 Å². The predicted octanol–water partition coefficient (Wildman–Crippen LogP) is 5.49. The minimum Gasteiger partial charge on any atom is -0.481 e. The fourth-order valence-corrected chi connectivity index (χ4v) is 5.42. The number of rotatable bonds is 11. The number of aliphatic carboxylic acids is 1. The summed E-state index contributed by atoms with van der Waals surface area (Å²) in [5.74, 6) is -2.16. The molecule has 1 saturated heterocycles. The normalized spacial score (nSPS) is 14.7. The van der Waals surface area contributed by atoms with Gasteiger partial charge in [-0.2, -0.15) is 13.2 Å². The summed E-state index contributed by atoms with van der Waals surface area (Å²) in [4.78, 5) is 34.6. The van der Waals surface area contributed by atoms with Crippen LogP contribution in [0.25, 0.3) is 22.4 Å². The van der Waals surface area contributed by atoms with Crippen LogP contribution in [0.2, 0.25) is 0 Å². The molecule has 0 bridgehead atoms. The van der Waals surface area contributed by atoms with Gasteiger partial charge in [-0.1, -0.05) is 11.3 Å². The molecule has 1 aromatic carbocycles. The highest BCUT2D eigenvalue weighted by atomic mass is 32.1. The first kappa shape index (κ1) is 29.3. The van der Waals surface area contributed by atoms with Crippen LogP contribution in [0, 0.1) is 17.0 Å². The average molecular weight is 580 g/mol. The molecule has 0 radical (unpaired) electrons. The summed E-state index contributed by atoms with van der Waals surface area (Å²) in [6, 6.07) is 7.32. The largest absolute Gasteiger partial charge is 0.481 e. The van der Waals surface area contributed by atoms with Crippen molar-refractivity contribution < 1.29 is 42.1 Å². The Morgan fingerprint density at radius 3 is 2.58 bits per heavy atom. The van der Waals surface area contributed by atoms with Crippen molar-refractivity contribution in [3.05, 3.63) is 41.7 Å². The lowest BCUT2D eigenvalue weighted by Crippen LogP contribution is -2.35.